The number of nitrogens with zero attached hydrogens (tertiary/aromatic N) is 1. The summed E-state index contributed by atoms with van der Waals surface area (Å²) in [5, 5.41) is 9.41. The molecule has 1 aromatic carbocycles. The Bertz CT molecular complexity index is 414. The van der Waals surface area contributed by atoms with Crippen LogP contribution in [-0.2, 0) is 0 Å². The maximum Gasteiger partial charge on any atom is 0.393 e. The molecule has 0 aromatic heterocycles. The summed E-state index contributed by atoms with van der Waals surface area (Å²) in [4.78, 5) is 1.77. The number of piperidine rings is 1. The lowest BCUT2D eigenvalue weighted by Crippen LogP contribution is -2.41. The van der Waals surface area contributed by atoms with Gasteiger partial charge in [-0.1, -0.05) is 12.1 Å². The average molecular weight is 273 g/mol. The van der Waals surface area contributed by atoms with Crippen LogP contribution in [0.25, 0.3) is 0 Å². The normalized spacial score (nSPS) is 22.4. The number of halogens is 3. The summed E-state index contributed by atoms with van der Waals surface area (Å²) in [6, 6.07) is 7.08. The van der Waals surface area contributed by atoms with Crippen molar-refractivity contribution >= 4 is 5.69 Å². The van der Waals surface area contributed by atoms with E-state index in [1.165, 1.54) is 0 Å². The molecule has 1 aromatic rings. The second-order valence-electron chi connectivity index (χ2n) is 5.09. The summed E-state index contributed by atoms with van der Waals surface area (Å²) < 4.78 is 38.2. The Balaban J connectivity index is 2.09. The van der Waals surface area contributed by atoms with Gasteiger partial charge >= 0.3 is 6.18 Å². The van der Waals surface area contributed by atoms with Crippen LogP contribution in [0.3, 0.4) is 0 Å². The zero-order valence-electron chi connectivity index (χ0n) is 10.8. The minimum atomic E-state index is -4.11. The summed E-state index contributed by atoms with van der Waals surface area (Å²) in [5.74, 6) is -1.24. The van der Waals surface area contributed by atoms with Gasteiger partial charge in [-0.2, -0.15) is 13.2 Å². The first-order valence-corrected chi connectivity index (χ1v) is 6.47. The first-order valence-electron chi connectivity index (χ1n) is 6.47. The van der Waals surface area contributed by atoms with Crippen LogP contribution < -0.4 is 4.90 Å². The van der Waals surface area contributed by atoms with Crippen molar-refractivity contribution in [1.29, 1.82) is 0 Å². The molecule has 19 heavy (non-hydrogen) atoms. The maximum absolute atomic E-state index is 12.7. The molecule has 5 heteroatoms. The van der Waals surface area contributed by atoms with Crippen LogP contribution in [0.15, 0.2) is 24.3 Å². The zero-order valence-corrected chi connectivity index (χ0v) is 10.8. The number of aliphatic hydroxyl groups is 1. The van der Waals surface area contributed by atoms with Crippen molar-refractivity contribution in [3.63, 3.8) is 0 Å². The third kappa shape index (κ3) is 3.41. The van der Waals surface area contributed by atoms with Gasteiger partial charge in [-0.3, -0.25) is 0 Å². The highest BCUT2D eigenvalue weighted by molar-refractivity contribution is 5.48. The van der Waals surface area contributed by atoms with Crippen LogP contribution in [-0.4, -0.2) is 24.4 Å². The molecule has 1 N–H and O–H groups in total. The molecule has 0 bridgehead atoms. The molecule has 0 radical (unpaired) electrons. The predicted octanol–water partition coefficient (Wildman–Crippen LogP) is 3.52. The van der Waals surface area contributed by atoms with Gasteiger partial charge in [0.15, 0.2) is 0 Å². The monoisotopic (exact) mass is 273 g/mol. The van der Waals surface area contributed by atoms with Gasteiger partial charge in [-0.15, -0.1) is 0 Å². The number of aliphatic hydroxyl groups excluding tert-OH is 1. The number of hydrogen-bond donors (Lipinski definition) is 1. The van der Waals surface area contributed by atoms with Gasteiger partial charge in [0, 0.05) is 18.8 Å². The third-order valence-corrected chi connectivity index (χ3v) is 3.62. The van der Waals surface area contributed by atoms with E-state index in [9.17, 15) is 18.3 Å². The van der Waals surface area contributed by atoms with Crippen molar-refractivity contribution in [3.05, 3.63) is 29.8 Å². The quantitative estimate of drug-likeness (QED) is 0.891. The van der Waals surface area contributed by atoms with Crippen LogP contribution in [0, 0.1) is 5.92 Å². The molecule has 106 valence electrons. The summed E-state index contributed by atoms with van der Waals surface area (Å²) >= 11 is 0. The molecule has 1 aliphatic rings. The molecule has 2 rings (SSSR count). The Morgan fingerprint density at radius 3 is 2.42 bits per heavy atom. The molecular formula is C14H18F3NO. The smallest absolute Gasteiger partial charge is 0.389 e. The number of hydrogen-bond acceptors (Lipinski definition) is 2. The van der Waals surface area contributed by atoms with Gasteiger partial charge < -0.3 is 10.0 Å². The molecule has 1 unspecified atom stereocenters. The van der Waals surface area contributed by atoms with Gasteiger partial charge in [0.2, 0.25) is 0 Å². The molecule has 1 fully saturated rings. The van der Waals surface area contributed by atoms with Crippen LogP contribution >= 0.6 is 0 Å². The van der Waals surface area contributed by atoms with Crippen LogP contribution in [0.1, 0.15) is 31.4 Å². The zero-order chi connectivity index (χ0) is 14.0. The lowest BCUT2D eigenvalue weighted by atomic mass is 9.97. The Morgan fingerprint density at radius 1 is 1.26 bits per heavy atom. The lowest BCUT2D eigenvalue weighted by Gasteiger charge is -2.35. The van der Waals surface area contributed by atoms with E-state index in [2.05, 4.69) is 0 Å². The van der Waals surface area contributed by atoms with Crippen molar-refractivity contribution in [2.45, 2.75) is 32.0 Å². The second kappa shape index (κ2) is 5.41. The van der Waals surface area contributed by atoms with Crippen LogP contribution in [0.4, 0.5) is 18.9 Å². The summed E-state index contributed by atoms with van der Waals surface area (Å²) in [5.41, 5.74) is 1.56. The molecule has 1 saturated heterocycles. The van der Waals surface area contributed by atoms with E-state index in [-0.39, 0.29) is 13.0 Å². The van der Waals surface area contributed by atoms with Crippen LogP contribution in [0.2, 0.25) is 0 Å². The SMILES string of the molecule is C[C@H](O)c1ccc(N2CCCC(C(F)(F)F)C2)cc1. The first kappa shape index (κ1) is 14.2. The van der Waals surface area contributed by atoms with Crippen molar-refractivity contribution in [2.24, 2.45) is 5.92 Å². The minimum Gasteiger partial charge on any atom is -0.389 e. The maximum atomic E-state index is 12.7. The lowest BCUT2D eigenvalue weighted by molar-refractivity contribution is -0.175. The summed E-state index contributed by atoms with van der Waals surface area (Å²) in [7, 11) is 0. The Labute approximate surface area is 110 Å². The highest BCUT2D eigenvalue weighted by Crippen LogP contribution is 2.34. The molecular weight excluding hydrogens is 255 g/mol. The number of alkyl halides is 3. The average Bonchev–Trinajstić information content (AvgIpc) is 2.38. The van der Waals surface area contributed by atoms with Gasteiger partial charge in [0.05, 0.1) is 12.0 Å². The van der Waals surface area contributed by atoms with Gasteiger partial charge in [-0.25, -0.2) is 0 Å². The summed E-state index contributed by atoms with van der Waals surface area (Å²) in [6.07, 6.45) is -3.90. The fraction of sp³-hybridized carbons (Fsp3) is 0.571. The molecule has 2 nitrogen and oxygen atoms in total. The predicted molar refractivity (Wildman–Crippen MR) is 68.1 cm³/mol. The minimum absolute atomic E-state index is 0.0253. The van der Waals surface area contributed by atoms with E-state index in [1.54, 1.807) is 36.1 Å². The molecule has 2 atom stereocenters. The van der Waals surface area contributed by atoms with E-state index < -0.39 is 18.2 Å². The highest BCUT2D eigenvalue weighted by Gasteiger charge is 2.41. The molecule has 0 spiro atoms. The second-order valence-corrected chi connectivity index (χ2v) is 5.09. The molecule has 0 amide bonds. The van der Waals surface area contributed by atoms with E-state index >= 15 is 0 Å². The topological polar surface area (TPSA) is 23.5 Å². The Morgan fingerprint density at radius 2 is 1.89 bits per heavy atom. The fourth-order valence-corrected chi connectivity index (χ4v) is 2.44. The van der Waals surface area contributed by atoms with E-state index in [0.29, 0.717) is 13.0 Å². The van der Waals surface area contributed by atoms with Gasteiger partial charge in [-0.05, 0) is 37.5 Å². The van der Waals surface area contributed by atoms with Crippen LogP contribution in [0.5, 0.6) is 0 Å². The van der Waals surface area contributed by atoms with Crippen molar-refractivity contribution < 1.29 is 18.3 Å². The van der Waals surface area contributed by atoms with Gasteiger partial charge in [0.1, 0.15) is 0 Å². The highest BCUT2D eigenvalue weighted by atomic mass is 19.4. The largest absolute Gasteiger partial charge is 0.393 e. The standard InChI is InChI=1S/C14H18F3NO/c1-10(19)11-4-6-13(7-5-11)18-8-2-3-12(9-18)14(15,16)17/h4-7,10,12,19H,2-3,8-9H2,1H3/t10-,12?/m0/s1. The molecule has 1 aliphatic heterocycles. The van der Waals surface area contributed by atoms with Crippen molar-refractivity contribution in [2.75, 3.05) is 18.0 Å². The van der Waals surface area contributed by atoms with Crippen molar-refractivity contribution in [1.82, 2.24) is 0 Å². The molecule has 1 heterocycles. The van der Waals surface area contributed by atoms with E-state index in [4.69, 9.17) is 0 Å². The molecule has 0 saturated carbocycles. The summed E-state index contributed by atoms with van der Waals surface area (Å²) in [6.45, 7) is 2.34. The molecule has 0 aliphatic carbocycles. The number of benzene rings is 1. The Hall–Kier alpha value is -1.23. The first-order chi connectivity index (χ1) is 8.88. The van der Waals surface area contributed by atoms with Crippen molar-refractivity contribution in [3.8, 4) is 0 Å². The third-order valence-electron chi connectivity index (χ3n) is 3.62. The van der Waals surface area contributed by atoms with Gasteiger partial charge in [0.25, 0.3) is 0 Å². The van der Waals surface area contributed by atoms with E-state index in [0.717, 1.165) is 11.3 Å². The fourth-order valence-electron chi connectivity index (χ4n) is 2.44. The number of anilines is 1. The Kier molecular flexibility index (Phi) is 4.04. The number of rotatable bonds is 2. The van der Waals surface area contributed by atoms with E-state index in [1.807, 2.05) is 0 Å².